The maximum Gasteiger partial charge on any atom is 0.114 e. The molecule has 0 fully saturated rings. The molecule has 0 spiro atoms. The van der Waals surface area contributed by atoms with Crippen LogP contribution in [-0.4, -0.2) is 25.1 Å². The molecule has 0 aliphatic heterocycles. The van der Waals surface area contributed by atoms with Crippen molar-refractivity contribution in [1.82, 2.24) is 0 Å². The Morgan fingerprint density at radius 3 is 1.78 bits per heavy atom. The largest absolute Gasteiger partial charge is 0.323 e. The fraction of sp³-hybridized carbons (Fsp3) is 0.727. The fourth-order valence-electron chi connectivity index (χ4n) is 3.46. The number of hydrogen-bond donors (Lipinski definition) is 0. The lowest BCUT2D eigenvalue weighted by Gasteiger charge is -2.37. The van der Waals surface area contributed by atoms with Gasteiger partial charge in [0.1, 0.15) is 6.04 Å². The van der Waals surface area contributed by atoms with Gasteiger partial charge in [-0.25, -0.2) is 0 Å². The second-order valence-corrected chi connectivity index (χ2v) is 7.64. The second kappa shape index (κ2) is 11.7. The topological polar surface area (TPSA) is 0 Å². The lowest BCUT2D eigenvalue weighted by Crippen LogP contribution is -2.42. The lowest BCUT2D eigenvalue weighted by molar-refractivity contribution is -0.920. The quantitative estimate of drug-likeness (QED) is 0.279. The van der Waals surface area contributed by atoms with Gasteiger partial charge in [0.25, 0.3) is 0 Å². The van der Waals surface area contributed by atoms with Gasteiger partial charge >= 0.3 is 0 Å². The predicted molar refractivity (Wildman–Crippen MR) is 104 cm³/mol. The molecule has 23 heavy (non-hydrogen) atoms. The summed E-state index contributed by atoms with van der Waals surface area (Å²) in [6, 6.07) is 11.8. The monoisotopic (exact) mass is 318 g/mol. The molecular weight excluding hydrogens is 278 g/mol. The van der Waals surface area contributed by atoms with Gasteiger partial charge in [-0.2, -0.15) is 0 Å². The molecule has 0 N–H and O–H groups in total. The summed E-state index contributed by atoms with van der Waals surface area (Å²) in [7, 11) is 4.76. The van der Waals surface area contributed by atoms with Crippen molar-refractivity contribution in [2.45, 2.75) is 84.1 Å². The molecule has 1 unspecified atom stereocenters. The van der Waals surface area contributed by atoms with E-state index in [-0.39, 0.29) is 0 Å². The number of benzene rings is 1. The summed E-state index contributed by atoms with van der Waals surface area (Å²) in [5, 5.41) is 0. The van der Waals surface area contributed by atoms with Gasteiger partial charge in [0.2, 0.25) is 0 Å². The first-order chi connectivity index (χ1) is 11.1. The van der Waals surface area contributed by atoms with E-state index >= 15 is 0 Å². The summed E-state index contributed by atoms with van der Waals surface area (Å²) in [5.74, 6) is 0. The molecule has 1 nitrogen and oxygen atoms in total. The Bertz CT molecular complexity index is 382. The Kier molecular flexibility index (Phi) is 10.3. The zero-order valence-corrected chi connectivity index (χ0v) is 16.2. The highest BCUT2D eigenvalue weighted by molar-refractivity contribution is 5.17. The SMILES string of the molecule is CCCCCCCCCCCC(c1ccccc1)[N+](C)(C)CC. The summed E-state index contributed by atoms with van der Waals surface area (Å²) < 4.78 is 1.10. The van der Waals surface area contributed by atoms with Gasteiger partial charge in [0.05, 0.1) is 20.6 Å². The van der Waals surface area contributed by atoms with Crippen molar-refractivity contribution in [2.75, 3.05) is 20.6 Å². The smallest absolute Gasteiger partial charge is 0.114 e. The zero-order valence-electron chi connectivity index (χ0n) is 16.2. The van der Waals surface area contributed by atoms with Crippen molar-refractivity contribution in [3.8, 4) is 0 Å². The minimum Gasteiger partial charge on any atom is -0.323 e. The molecule has 0 heterocycles. The highest BCUT2D eigenvalue weighted by Gasteiger charge is 2.27. The third-order valence-electron chi connectivity index (χ3n) is 5.42. The number of rotatable bonds is 13. The van der Waals surface area contributed by atoms with Gasteiger partial charge in [-0.15, -0.1) is 0 Å². The molecule has 0 bridgehead atoms. The predicted octanol–water partition coefficient (Wildman–Crippen LogP) is 6.74. The van der Waals surface area contributed by atoms with E-state index in [2.05, 4.69) is 58.3 Å². The van der Waals surface area contributed by atoms with E-state index in [9.17, 15) is 0 Å². The highest BCUT2D eigenvalue weighted by Crippen LogP contribution is 2.30. The van der Waals surface area contributed by atoms with Gasteiger partial charge in [0.15, 0.2) is 0 Å². The van der Waals surface area contributed by atoms with E-state index < -0.39 is 0 Å². The number of unbranched alkanes of at least 4 members (excludes halogenated alkanes) is 8. The van der Waals surface area contributed by atoms with E-state index in [1.807, 2.05) is 0 Å². The maximum absolute atomic E-state index is 2.38. The molecule has 1 aromatic rings. The molecule has 0 aliphatic carbocycles. The first kappa shape index (κ1) is 20.2. The van der Waals surface area contributed by atoms with Crippen LogP contribution in [0.3, 0.4) is 0 Å². The Balaban J connectivity index is 2.30. The molecule has 0 amide bonds. The van der Waals surface area contributed by atoms with Crippen LogP contribution in [0.15, 0.2) is 30.3 Å². The molecular formula is C22H40N+. The molecule has 1 atom stereocenters. The van der Waals surface area contributed by atoms with E-state index in [4.69, 9.17) is 0 Å². The van der Waals surface area contributed by atoms with Gasteiger partial charge in [-0.3, -0.25) is 0 Å². The summed E-state index contributed by atoms with van der Waals surface area (Å²) in [4.78, 5) is 0. The van der Waals surface area contributed by atoms with Crippen LogP contribution in [-0.2, 0) is 0 Å². The third kappa shape index (κ3) is 8.01. The molecule has 1 aromatic carbocycles. The molecule has 1 rings (SSSR count). The first-order valence-electron chi connectivity index (χ1n) is 9.99. The normalized spacial score (nSPS) is 13.2. The molecule has 1 heteroatoms. The lowest BCUT2D eigenvalue weighted by atomic mass is 9.96. The summed E-state index contributed by atoms with van der Waals surface area (Å²) >= 11 is 0. The molecule has 0 aromatic heterocycles. The van der Waals surface area contributed by atoms with Gasteiger partial charge in [-0.1, -0.05) is 88.6 Å². The molecule has 0 saturated carbocycles. The van der Waals surface area contributed by atoms with Crippen molar-refractivity contribution < 1.29 is 4.48 Å². The highest BCUT2D eigenvalue weighted by atomic mass is 15.3. The average molecular weight is 319 g/mol. The van der Waals surface area contributed by atoms with Crippen LogP contribution in [0.25, 0.3) is 0 Å². The standard InChI is InChI=1S/C22H40N/c1-5-7-8-9-10-11-12-13-17-20-22(23(3,4)6-2)21-18-15-14-16-19-21/h14-16,18-19,22H,5-13,17,20H2,1-4H3/q+1. The Morgan fingerprint density at radius 1 is 0.739 bits per heavy atom. The summed E-state index contributed by atoms with van der Waals surface area (Å²) in [6.45, 7) is 5.79. The number of nitrogens with zero attached hydrogens (tertiary/aromatic N) is 1. The van der Waals surface area contributed by atoms with Gasteiger partial charge < -0.3 is 4.48 Å². The zero-order chi connectivity index (χ0) is 17.0. The van der Waals surface area contributed by atoms with Crippen molar-refractivity contribution in [1.29, 1.82) is 0 Å². The van der Waals surface area contributed by atoms with Crippen LogP contribution < -0.4 is 0 Å². The number of hydrogen-bond acceptors (Lipinski definition) is 0. The second-order valence-electron chi connectivity index (χ2n) is 7.64. The van der Waals surface area contributed by atoms with Gasteiger partial charge in [-0.05, 0) is 13.3 Å². The minimum absolute atomic E-state index is 0.644. The molecule has 132 valence electrons. The first-order valence-corrected chi connectivity index (χ1v) is 9.99. The van der Waals surface area contributed by atoms with Crippen LogP contribution in [0.2, 0.25) is 0 Å². The van der Waals surface area contributed by atoms with Crippen LogP contribution in [0, 0.1) is 0 Å². The molecule has 0 saturated heterocycles. The number of quaternary nitrogens is 1. The van der Waals surface area contributed by atoms with Crippen LogP contribution >= 0.6 is 0 Å². The minimum atomic E-state index is 0.644. The Hall–Kier alpha value is -0.820. The maximum atomic E-state index is 2.38. The van der Waals surface area contributed by atoms with Crippen molar-refractivity contribution in [3.63, 3.8) is 0 Å². The van der Waals surface area contributed by atoms with E-state index in [1.165, 1.54) is 76.3 Å². The van der Waals surface area contributed by atoms with E-state index in [1.54, 1.807) is 0 Å². The van der Waals surface area contributed by atoms with E-state index in [0.29, 0.717) is 6.04 Å². The van der Waals surface area contributed by atoms with Crippen LogP contribution in [0.5, 0.6) is 0 Å². The van der Waals surface area contributed by atoms with Gasteiger partial charge in [0, 0.05) is 12.0 Å². The van der Waals surface area contributed by atoms with Crippen LogP contribution in [0.4, 0.5) is 0 Å². The van der Waals surface area contributed by atoms with Crippen molar-refractivity contribution >= 4 is 0 Å². The van der Waals surface area contributed by atoms with Crippen LogP contribution in [0.1, 0.15) is 89.7 Å². The summed E-state index contributed by atoms with van der Waals surface area (Å²) in [6.07, 6.45) is 14.1. The molecule has 0 aliphatic rings. The van der Waals surface area contributed by atoms with E-state index in [0.717, 1.165) is 4.48 Å². The Labute approximate surface area is 145 Å². The Morgan fingerprint density at radius 2 is 1.26 bits per heavy atom. The fourth-order valence-corrected chi connectivity index (χ4v) is 3.46. The third-order valence-corrected chi connectivity index (χ3v) is 5.42. The van der Waals surface area contributed by atoms with Crippen molar-refractivity contribution in [3.05, 3.63) is 35.9 Å². The average Bonchev–Trinajstić information content (AvgIpc) is 2.57. The van der Waals surface area contributed by atoms with Crippen molar-refractivity contribution in [2.24, 2.45) is 0 Å². The molecule has 0 radical (unpaired) electrons. The summed E-state index contributed by atoms with van der Waals surface area (Å²) in [5.41, 5.74) is 1.51.